The van der Waals surface area contributed by atoms with Gasteiger partial charge in [0.25, 0.3) is 0 Å². The third-order valence-electron chi connectivity index (χ3n) is 2.12. The Morgan fingerprint density at radius 3 is 2.40 bits per heavy atom. The van der Waals surface area contributed by atoms with Gasteiger partial charge in [0.1, 0.15) is 6.04 Å². The molecule has 0 unspecified atom stereocenters. The summed E-state index contributed by atoms with van der Waals surface area (Å²) in [5, 5.41) is 8.66. The third kappa shape index (κ3) is 2.95. The average molecular weight is 209 g/mol. The summed E-state index contributed by atoms with van der Waals surface area (Å²) < 4.78 is 0. The number of benzene rings is 1. The van der Waals surface area contributed by atoms with Gasteiger partial charge in [-0.3, -0.25) is 4.79 Å². The highest BCUT2D eigenvalue weighted by molar-refractivity contribution is 5.72. The lowest BCUT2D eigenvalue weighted by Gasteiger charge is -2.14. The van der Waals surface area contributed by atoms with Crippen LogP contribution >= 0.6 is 0 Å². The van der Waals surface area contributed by atoms with Gasteiger partial charge in [-0.15, -0.1) is 5.48 Å². The van der Waals surface area contributed by atoms with Crippen molar-refractivity contribution < 1.29 is 14.7 Å². The fourth-order valence-corrected chi connectivity index (χ4v) is 1.16. The second-order valence-electron chi connectivity index (χ2n) is 3.50. The number of hydrogen-bond donors (Lipinski definition) is 2. The third-order valence-corrected chi connectivity index (χ3v) is 2.12. The van der Waals surface area contributed by atoms with E-state index >= 15 is 0 Å². The quantitative estimate of drug-likeness (QED) is 0.740. The van der Waals surface area contributed by atoms with E-state index in [4.69, 9.17) is 9.94 Å². The van der Waals surface area contributed by atoms with Gasteiger partial charge >= 0.3 is 5.97 Å². The molecule has 0 aliphatic carbocycles. The van der Waals surface area contributed by atoms with Crippen LogP contribution in [0.2, 0.25) is 0 Å². The van der Waals surface area contributed by atoms with Gasteiger partial charge in [0.05, 0.1) is 0 Å². The highest BCUT2D eigenvalue weighted by Gasteiger charge is 2.12. The summed E-state index contributed by atoms with van der Waals surface area (Å²) in [4.78, 5) is 15.8. The van der Waals surface area contributed by atoms with Crippen molar-refractivity contribution >= 4 is 5.97 Å². The Hall–Kier alpha value is -1.55. The maximum absolute atomic E-state index is 10.5. The van der Waals surface area contributed by atoms with Crippen LogP contribution in [-0.2, 0) is 4.79 Å². The Kier molecular flexibility index (Phi) is 3.68. The summed E-state index contributed by atoms with van der Waals surface area (Å²) in [5.41, 5.74) is 4.43. The molecular formula is C11H15NO3. The second-order valence-corrected chi connectivity index (χ2v) is 3.50. The van der Waals surface area contributed by atoms with Crippen molar-refractivity contribution in [3.63, 3.8) is 0 Å². The van der Waals surface area contributed by atoms with Gasteiger partial charge in [-0.05, 0) is 31.9 Å². The average Bonchev–Trinajstić information content (AvgIpc) is 2.16. The normalized spacial score (nSPS) is 12.2. The molecule has 0 bridgehead atoms. The van der Waals surface area contributed by atoms with Gasteiger partial charge in [-0.1, -0.05) is 18.2 Å². The van der Waals surface area contributed by atoms with E-state index in [1.54, 1.807) is 0 Å². The zero-order chi connectivity index (χ0) is 11.4. The first-order chi connectivity index (χ1) is 7.02. The Balaban J connectivity index is 2.69. The summed E-state index contributed by atoms with van der Waals surface area (Å²) in [6, 6.07) is 5.02. The van der Waals surface area contributed by atoms with E-state index in [-0.39, 0.29) is 0 Å². The lowest BCUT2D eigenvalue weighted by Crippen LogP contribution is -2.36. The minimum Gasteiger partial charge on any atom is -0.480 e. The van der Waals surface area contributed by atoms with E-state index in [1.807, 2.05) is 32.0 Å². The number of para-hydroxylation sites is 1. The molecule has 4 heteroatoms. The molecule has 1 aromatic rings. The van der Waals surface area contributed by atoms with Gasteiger partial charge < -0.3 is 9.94 Å². The zero-order valence-corrected chi connectivity index (χ0v) is 9.07. The lowest BCUT2D eigenvalue weighted by molar-refractivity contribution is -0.141. The van der Waals surface area contributed by atoms with Gasteiger partial charge in [0, 0.05) is 0 Å². The monoisotopic (exact) mass is 209 g/mol. The van der Waals surface area contributed by atoms with Crippen LogP contribution in [0.1, 0.15) is 18.1 Å². The molecular weight excluding hydrogens is 194 g/mol. The number of hydrogen-bond acceptors (Lipinski definition) is 3. The van der Waals surface area contributed by atoms with Crippen LogP contribution in [0.4, 0.5) is 0 Å². The van der Waals surface area contributed by atoms with Crippen LogP contribution in [0.15, 0.2) is 18.2 Å². The molecule has 2 N–H and O–H groups in total. The van der Waals surface area contributed by atoms with Crippen molar-refractivity contribution in [3.8, 4) is 5.75 Å². The van der Waals surface area contributed by atoms with Gasteiger partial charge in [0.15, 0.2) is 5.75 Å². The lowest BCUT2D eigenvalue weighted by atomic mass is 10.1. The Labute approximate surface area is 88.8 Å². The number of carboxylic acids is 1. The fraction of sp³-hybridized carbons (Fsp3) is 0.364. The Morgan fingerprint density at radius 2 is 1.93 bits per heavy atom. The van der Waals surface area contributed by atoms with E-state index in [2.05, 4.69) is 5.48 Å². The summed E-state index contributed by atoms with van der Waals surface area (Å²) >= 11 is 0. The van der Waals surface area contributed by atoms with Gasteiger partial charge in [-0.25, -0.2) is 0 Å². The molecule has 0 radical (unpaired) electrons. The summed E-state index contributed by atoms with van der Waals surface area (Å²) in [6.07, 6.45) is 0. The Morgan fingerprint density at radius 1 is 1.40 bits per heavy atom. The van der Waals surface area contributed by atoms with Crippen molar-refractivity contribution in [2.45, 2.75) is 26.8 Å². The maximum atomic E-state index is 10.5. The predicted molar refractivity (Wildman–Crippen MR) is 56.8 cm³/mol. The molecule has 1 aromatic carbocycles. The number of nitrogens with one attached hydrogen (secondary N) is 1. The van der Waals surface area contributed by atoms with E-state index in [0.29, 0.717) is 5.75 Å². The van der Waals surface area contributed by atoms with Crippen molar-refractivity contribution in [2.24, 2.45) is 0 Å². The number of carboxylic acid groups (broad SMARTS) is 1. The summed E-state index contributed by atoms with van der Waals surface area (Å²) in [6.45, 7) is 5.35. The molecule has 0 aromatic heterocycles. The molecule has 0 aliphatic rings. The first-order valence-corrected chi connectivity index (χ1v) is 4.73. The standard InChI is InChI=1S/C11H15NO3/c1-7-5-4-6-8(2)10(7)15-12-9(3)11(13)14/h4-6,9,12H,1-3H3,(H,13,14)/t9-/m0/s1. The topological polar surface area (TPSA) is 58.6 Å². The highest BCUT2D eigenvalue weighted by atomic mass is 16.6. The molecule has 0 heterocycles. The maximum Gasteiger partial charge on any atom is 0.323 e. The highest BCUT2D eigenvalue weighted by Crippen LogP contribution is 2.21. The van der Waals surface area contributed by atoms with Crippen molar-refractivity contribution in [1.29, 1.82) is 0 Å². The minimum atomic E-state index is -0.943. The molecule has 1 rings (SSSR count). The number of rotatable bonds is 4. The molecule has 0 spiro atoms. The van der Waals surface area contributed by atoms with E-state index < -0.39 is 12.0 Å². The molecule has 15 heavy (non-hydrogen) atoms. The van der Waals surface area contributed by atoms with Crippen molar-refractivity contribution in [1.82, 2.24) is 5.48 Å². The Bertz CT molecular complexity index is 343. The van der Waals surface area contributed by atoms with Crippen LogP contribution in [0.25, 0.3) is 0 Å². The van der Waals surface area contributed by atoms with E-state index in [9.17, 15) is 4.79 Å². The number of aliphatic carboxylic acids is 1. The van der Waals surface area contributed by atoms with Crippen LogP contribution in [0.5, 0.6) is 5.75 Å². The fourth-order valence-electron chi connectivity index (χ4n) is 1.16. The number of hydroxylamine groups is 1. The predicted octanol–water partition coefficient (Wildman–Crippen LogP) is 1.66. The number of carbonyl (C=O) groups is 1. The second kappa shape index (κ2) is 4.79. The molecule has 82 valence electrons. The van der Waals surface area contributed by atoms with Crippen LogP contribution in [0.3, 0.4) is 0 Å². The minimum absolute atomic E-state index is 0.686. The summed E-state index contributed by atoms with van der Waals surface area (Å²) in [7, 11) is 0. The number of aryl methyl sites for hydroxylation is 2. The molecule has 1 atom stereocenters. The molecule has 0 saturated heterocycles. The van der Waals surface area contributed by atoms with Gasteiger partial charge in [0.2, 0.25) is 0 Å². The molecule has 0 saturated carbocycles. The van der Waals surface area contributed by atoms with Crippen LogP contribution in [-0.4, -0.2) is 17.1 Å². The van der Waals surface area contributed by atoms with Crippen molar-refractivity contribution in [3.05, 3.63) is 29.3 Å². The van der Waals surface area contributed by atoms with Gasteiger partial charge in [-0.2, -0.15) is 0 Å². The molecule has 0 fully saturated rings. The van der Waals surface area contributed by atoms with E-state index in [1.165, 1.54) is 6.92 Å². The smallest absolute Gasteiger partial charge is 0.323 e. The van der Waals surface area contributed by atoms with Crippen molar-refractivity contribution in [2.75, 3.05) is 0 Å². The largest absolute Gasteiger partial charge is 0.480 e. The molecule has 4 nitrogen and oxygen atoms in total. The van der Waals surface area contributed by atoms with Crippen LogP contribution < -0.4 is 10.3 Å². The molecule has 0 aliphatic heterocycles. The van der Waals surface area contributed by atoms with Crippen LogP contribution in [0, 0.1) is 13.8 Å². The first-order valence-electron chi connectivity index (χ1n) is 4.73. The zero-order valence-electron chi connectivity index (χ0n) is 9.07. The first kappa shape index (κ1) is 11.5. The SMILES string of the molecule is Cc1cccc(C)c1ON[C@@H](C)C(=O)O. The molecule has 0 amide bonds. The van der Waals surface area contributed by atoms with E-state index in [0.717, 1.165) is 11.1 Å². The summed E-state index contributed by atoms with van der Waals surface area (Å²) in [5.74, 6) is -0.258.